The molecule has 2 unspecified atom stereocenters. The molecule has 0 bridgehead atoms. The summed E-state index contributed by atoms with van der Waals surface area (Å²) >= 11 is 2.68. The first kappa shape index (κ1) is 31.8. The zero-order valence-electron chi connectivity index (χ0n) is 21.4. The minimum atomic E-state index is -1.04. The van der Waals surface area contributed by atoms with E-state index in [-0.39, 0.29) is 23.4 Å². The lowest BCUT2D eigenvalue weighted by atomic mass is 10.2. The molecule has 0 aromatic heterocycles. The molecule has 0 spiro atoms. The second kappa shape index (κ2) is 17.2. The largest absolute Gasteiger partial charge is 0.467 e. The number of imide groups is 1. The minimum absolute atomic E-state index is 0.0651. The summed E-state index contributed by atoms with van der Waals surface area (Å²) in [5.41, 5.74) is 0. The lowest BCUT2D eigenvalue weighted by molar-refractivity contribution is -0.164. The van der Waals surface area contributed by atoms with Crippen molar-refractivity contribution in [3.63, 3.8) is 0 Å². The Morgan fingerprint density at radius 3 is 1.97 bits per heavy atom. The Bertz CT molecular complexity index is 840. The second-order valence-electron chi connectivity index (χ2n) is 8.05. The van der Waals surface area contributed by atoms with Crippen LogP contribution < -0.4 is 10.6 Å². The van der Waals surface area contributed by atoms with Crippen LogP contribution in [0.15, 0.2) is 0 Å². The van der Waals surface area contributed by atoms with Crippen LogP contribution in [0.4, 0.5) is 0 Å². The molecule has 2 atom stereocenters. The minimum Gasteiger partial charge on any atom is -0.467 e. The lowest BCUT2D eigenvalue weighted by Crippen LogP contribution is -2.58. The highest BCUT2D eigenvalue weighted by molar-refractivity contribution is 8.00. The summed E-state index contributed by atoms with van der Waals surface area (Å²) in [6.45, 7) is 5.13. The smallest absolute Gasteiger partial charge is 0.329 e. The van der Waals surface area contributed by atoms with Crippen molar-refractivity contribution < 1.29 is 47.7 Å². The number of hydrogen-bond acceptors (Lipinski definition) is 13. The molecule has 4 amide bonds. The second-order valence-corrected chi connectivity index (χ2v) is 10.1. The van der Waals surface area contributed by atoms with Gasteiger partial charge >= 0.3 is 23.8 Å². The fraction of sp³-hybridized carbons (Fsp3) is 0.727. The van der Waals surface area contributed by atoms with Gasteiger partial charge in [-0.1, -0.05) is 0 Å². The molecule has 214 valence electrons. The maximum atomic E-state index is 12.3. The lowest BCUT2D eigenvalue weighted by Gasteiger charge is -2.33. The van der Waals surface area contributed by atoms with Gasteiger partial charge in [0.2, 0.25) is 11.8 Å². The number of esters is 2. The number of methoxy groups -OCH3 is 2. The molecule has 0 saturated carbocycles. The first-order chi connectivity index (χ1) is 18.3. The van der Waals surface area contributed by atoms with E-state index in [1.165, 1.54) is 42.6 Å². The number of morpholine rings is 2. The third kappa shape index (κ3) is 10.1. The van der Waals surface area contributed by atoms with E-state index in [0.717, 1.165) is 31.2 Å². The topological polar surface area (TPSA) is 170 Å². The summed E-state index contributed by atoms with van der Waals surface area (Å²) in [5.74, 6) is -2.12. The van der Waals surface area contributed by atoms with Crippen LogP contribution in [0, 0.1) is 0 Å². The number of ether oxygens (including phenoxy) is 4. The SMILES string of the molecule is C1COCCN1.COC(=O)C1CSCC(=O)N1.COC(=O)C1CSCC(=O)N1C(=O)C(=O)N1CCOCC1. The average Bonchev–Trinajstić information content (AvgIpc) is 2.97. The van der Waals surface area contributed by atoms with E-state index >= 15 is 0 Å². The predicted molar refractivity (Wildman–Crippen MR) is 137 cm³/mol. The van der Waals surface area contributed by atoms with Crippen molar-refractivity contribution in [1.29, 1.82) is 0 Å². The van der Waals surface area contributed by atoms with E-state index in [0.29, 0.717) is 37.8 Å². The van der Waals surface area contributed by atoms with Gasteiger partial charge in [0, 0.05) is 37.7 Å². The zero-order chi connectivity index (χ0) is 27.9. The van der Waals surface area contributed by atoms with E-state index in [1.54, 1.807) is 0 Å². The van der Waals surface area contributed by atoms with Crippen molar-refractivity contribution in [3.8, 4) is 0 Å². The molecule has 4 fully saturated rings. The molecular formula is C22H34N4O10S2. The third-order valence-electron chi connectivity index (χ3n) is 5.44. The van der Waals surface area contributed by atoms with Crippen LogP contribution in [0.25, 0.3) is 0 Å². The van der Waals surface area contributed by atoms with E-state index < -0.39 is 35.8 Å². The fourth-order valence-electron chi connectivity index (χ4n) is 3.48. The van der Waals surface area contributed by atoms with Gasteiger partial charge in [0.1, 0.15) is 12.1 Å². The molecular weight excluding hydrogens is 544 g/mol. The Labute approximate surface area is 229 Å². The Morgan fingerprint density at radius 2 is 1.45 bits per heavy atom. The number of hydrogen-bond donors (Lipinski definition) is 2. The van der Waals surface area contributed by atoms with Crippen LogP contribution in [0.5, 0.6) is 0 Å². The van der Waals surface area contributed by atoms with Gasteiger partial charge in [0.25, 0.3) is 0 Å². The van der Waals surface area contributed by atoms with E-state index in [9.17, 15) is 28.8 Å². The summed E-state index contributed by atoms with van der Waals surface area (Å²) in [7, 11) is 2.49. The van der Waals surface area contributed by atoms with Crippen molar-refractivity contribution in [1.82, 2.24) is 20.4 Å². The Morgan fingerprint density at radius 1 is 0.842 bits per heavy atom. The van der Waals surface area contributed by atoms with Gasteiger partial charge < -0.3 is 34.5 Å². The molecule has 0 radical (unpaired) electrons. The van der Waals surface area contributed by atoms with Crippen LogP contribution in [0.3, 0.4) is 0 Å². The highest BCUT2D eigenvalue weighted by atomic mass is 32.2. The van der Waals surface area contributed by atoms with Gasteiger partial charge in [-0.05, 0) is 0 Å². The fourth-order valence-corrected chi connectivity index (χ4v) is 5.26. The summed E-state index contributed by atoms with van der Waals surface area (Å²) in [6.07, 6.45) is 0. The highest BCUT2D eigenvalue weighted by Gasteiger charge is 2.42. The molecule has 4 rings (SSSR count). The van der Waals surface area contributed by atoms with Crippen molar-refractivity contribution in [3.05, 3.63) is 0 Å². The molecule has 0 aromatic rings. The van der Waals surface area contributed by atoms with E-state index in [2.05, 4.69) is 20.1 Å². The van der Waals surface area contributed by atoms with Crippen molar-refractivity contribution in [2.75, 3.05) is 89.8 Å². The van der Waals surface area contributed by atoms with Crippen LogP contribution >= 0.6 is 23.5 Å². The monoisotopic (exact) mass is 578 g/mol. The Balaban J connectivity index is 0.000000246. The maximum Gasteiger partial charge on any atom is 0.329 e. The third-order valence-corrected chi connectivity index (χ3v) is 7.48. The molecule has 4 heterocycles. The summed E-state index contributed by atoms with van der Waals surface area (Å²) in [5, 5.41) is 5.69. The first-order valence-electron chi connectivity index (χ1n) is 11.9. The number of carbonyl (C=O) groups excluding carboxylic acids is 6. The molecule has 14 nitrogen and oxygen atoms in total. The molecule has 2 N–H and O–H groups in total. The quantitative estimate of drug-likeness (QED) is 0.260. The maximum absolute atomic E-state index is 12.3. The van der Waals surface area contributed by atoms with Crippen LogP contribution in [0.2, 0.25) is 0 Å². The molecule has 0 aliphatic carbocycles. The average molecular weight is 579 g/mol. The normalized spacial score (nSPS) is 23.4. The molecule has 16 heteroatoms. The molecule has 4 saturated heterocycles. The van der Waals surface area contributed by atoms with Gasteiger partial charge in [-0.25, -0.2) is 9.59 Å². The van der Waals surface area contributed by atoms with Crippen molar-refractivity contribution >= 4 is 59.1 Å². The van der Waals surface area contributed by atoms with E-state index in [4.69, 9.17) is 9.47 Å². The number of thioether (sulfide) groups is 2. The molecule has 4 aliphatic heterocycles. The first-order valence-corrected chi connectivity index (χ1v) is 14.2. The van der Waals surface area contributed by atoms with Gasteiger partial charge in [-0.15, -0.1) is 23.5 Å². The molecule has 4 aliphatic rings. The molecule has 38 heavy (non-hydrogen) atoms. The van der Waals surface area contributed by atoms with Crippen LogP contribution in [0.1, 0.15) is 0 Å². The van der Waals surface area contributed by atoms with Crippen LogP contribution in [-0.2, 0) is 47.7 Å². The number of amides is 4. The summed E-state index contributed by atoms with van der Waals surface area (Å²) in [4.78, 5) is 71.8. The van der Waals surface area contributed by atoms with Crippen LogP contribution in [-0.4, -0.2) is 147 Å². The number of rotatable bonds is 2. The number of nitrogens with zero attached hydrogens (tertiary/aromatic N) is 2. The van der Waals surface area contributed by atoms with Gasteiger partial charge in [0.15, 0.2) is 0 Å². The van der Waals surface area contributed by atoms with Crippen molar-refractivity contribution in [2.45, 2.75) is 12.1 Å². The van der Waals surface area contributed by atoms with Gasteiger partial charge in [0.05, 0.1) is 52.2 Å². The Hall–Kier alpha value is -2.40. The summed E-state index contributed by atoms with van der Waals surface area (Å²) in [6, 6.07) is -1.50. The molecule has 0 aromatic carbocycles. The van der Waals surface area contributed by atoms with Gasteiger partial charge in [-0.2, -0.15) is 0 Å². The predicted octanol–water partition coefficient (Wildman–Crippen LogP) is -2.51. The number of carbonyl (C=O) groups is 6. The summed E-state index contributed by atoms with van der Waals surface area (Å²) < 4.78 is 19.2. The number of nitrogens with one attached hydrogen (secondary N) is 2. The highest BCUT2D eigenvalue weighted by Crippen LogP contribution is 2.19. The standard InChI is InChI=1S/C12H16N2O6S.C6H9NO3S.C4H9NO/c1-19-12(18)8-6-21-7-9(15)14(8)11(17)10(16)13-2-4-20-5-3-13;1-10-6(9)4-2-11-3-5(8)7-4;1-3-6-4-2-5-1/h8H,2-7H2,1H3;4H,2-3H2,1H3,(H,7,8);5H,1-4H2. The zero-order valence-corrected chi connectivity index (χ0v) is 23.1. The van der Waals surface area contributed by atoms with Crippen molar-refractivity contribution in [2.24, 2.45) is 0 Å². The van der Waals surface area contributed by atoms with E-state index in [1.807, 2.05) is 0 Å². The van der Waals surface area contributed by atoms with Gasteiger partial charge in [-0.3, -0.25) is 24.1 Å². The Kier molecular flexibility index (Phi) is 14.4.